The molecule has 126 valence electrons. The van der Waals surface area contributed by atoms with E-state index in [1.807, 2.05) is 18.2 Å². The fourth-order valence-electron chi connectivity index (χ4n) is 1.90. The van der Waals surface area contributed by atoms with Crippen molar-refractivity contribution in [2.45, 2.75) is 16.8 Å². The van der Waals surface area contributed by atoms with Crippen molar-refractivity contribution in [2.75, 3.05) is 13.6 Å². The highest BCUT2D eigenvalue weighted by Gasteiger charge is 2.19. The molecule has 0 bridgehead atoms. The number of carboxylic acids is 1. The molecule has 2 aromatic rings. The molecule has 1 unspecified atom stereocenters. The summed E-state index contributed by atoms with van der Waals surface area (Å²) in [4.78, 5) is 25.3. The molecule has 0 fully saturated rings. The van der Waals surface area contributed by atoms with E-state index in [2.05, 4.69) is 10.2 Å². The number of carboxylic acid groups (broad SMARTS) is 1. The molecule has 1 amide bonds. The van der Waals surface area contributed by atoms with Gasteiger partial charge in [-0.2, -0.15) is 0 Å². The van der Waals surface area contributed by atoms with Crippen molar-refractivity contribution in [3.63, 3.8) is 0 Å². The van der Waals surface area contributed by atoms with Gasteiger partial charge in [0.15, 0.2) is 5.69 Å². The number of halogens is 1. The first kappa shape index (κ1) is 18.2. The van der Waals surface area contributed by atoms with Gasteiger partial charge in [-0.15, -0.1) is 10.2 Å². The third-order valence-corrected chi connectivity index (χ3v) is 4.67. The highest BCUT2D eigenvalue weighted by atomic mass is 35.5. The van der Waals surface area contributed by atoms with E-state index in [-0.39, 0.29) is 18.1 Å². The molecule has 1 heterocycles. The molecule has 1 aromatic carbocycles. The van der Waals surface area contributed by atoms with Crippen LogP contribution in [0.1, 0.15) is 17.4 Å². The highest BCUT2D eigenvalue weighted by molar-refractivity contribution is 7.99. The van der Waals surface area contributed by atoms with Crippen LogP contribution >= 0.6 is 23.4 Å². The number of hydrogen-bond acceptors (Lipinski definition) is 5. The van der Waals surface area contributed by atoms with Gasteiger partial charge in [-0.25, -0.2) is 0 Å². The Morgan fingerprint density at radius 1 is 1.25 bits per heavy atom. The summed E-state index contributed by atoms with van der Waals surface area (Å²) in [5.74, 6) is -1.97. The van der Waals surface area contributed by atoms with Gasteiger partial charge in [0.05, 0.1) is 10.9 Å². The van der Waals surface area contributed by atoms with Crippen molar-refractivity contribution in [3.05, 3.63) is 47.1 Å². The molecule has 0 spiro atoms. The van der Waals surface area contributed by atoms with Crippen molar-refractivity contribution in [2.24, 2.45) is 5.92 Å². The van der Waals surface area contributed by atoms with Crippen molar-refractivity contribution in [1.82, 2.24) is 15.1 Å². The number of carbonyl (C=O) groups excluding carboxylic acids is 1. The molecule has 2 rings (SSSR count). The minimum absolute atomic E-state index is 0.103. The molecule has 0 aliphatic heterocycles. The summed E-state index contributed by atoms with van der Waals surface area (Å²) >= 11 is 7.44. The quantitative estimate of drug-likeness (QED) is 0.846. The summed E-state index contributed by atoms with van der Waals surface area (Å²) in [5, 5.41) is 18.1. The molecular formula is C16H16ClN3O3S. The maximum absolute atomic E-state index is 12.2. The summed E-state index contributed by atoms with van der Waals surface area (Å²) in [5.41, 5.74) is 0.165. The van der Waals surface area contributed by atoms with Gasteiger partial charge in [-0.1, -0.05) is 42.4 Å². The second-order valence-corrected chi connectivity index (χ2v) is 6.68. The van der Waals surface area contributed by atoms with E-state index in [9.17, 15) is 9.59 Å². The molecule has 1 atom stereocenters. The Morgan fingerprint density at radius 2 is 1.96 bits per heavy atom. The third kappa shape index (κ3) is 4.69. The Kier molecular flexibility index (Phi) is 6.16. The van der Waals surface area contributed by atoms with Crippen molar-refractivity contribution < 1.29 is 14.7 Å². The summed E-state index contributed by atoms with van der Waals surface area (Å²) in [6.45, 7) is 1.65. The number of benzene rings is 1. The lowest BCUT2D eigenvalue weighted by Crippen LogP contribution is -2.34. The van der Waals surface area contributed by atoms with E-state index in [0.29, 0.717) is 10.0 Å². The topological polar surface area (TPSA) is 83.4 Å². The van der Waals surface area contributed by atoms with Gasteiger partial charge in [0.25, 0.3) is 5.91 Å². The van der Waals surface area contributed by atoms with Crippen LogP contribution in [0.25, 0.3) is 0 Å². The van der Waals surface area contributed by atoms with Crippen LogP contribution in [0, 0.1) is 5.92 Å². The van der Waals surface area contributed by atoms with Crippen LogP contribution in [0.15, 0.2) is 46.3 Å². The van der Waals surface area contributed by atoms with Gasteiger partial charge >= 0.3 is 5.97 Å². The molecule has 0 aliphatic rings. The molecule has 0 saturated heterocycles. The molecule has 24 heavy (non-hydrogen) atoms. The maximum Gasteiger partial charge on any atom is 0.308 e. The highest BCUT2D eigenvalue weighted by Crippen LogP contribution is 2.31. The average molecular weight is 366 g/mol. The molecular weight excluding hydrogens is 350 g/mol. The zero-order valence-corrected chi connectivity index (χ0v) is 14.7. The number of carbonyl (C=O) groups is 2. The molecule has 0 radical (unpaired) electrons. The molecule has 1 aromatic heterocycles. The fourth-order valence-corrected chi connectivity index (χ4v) is 2.90. The van der Waals surface area contributed by atoms with Crippen molar-refractivity contribution in [3.8, 4) is 0 Å². The predicted molar refractivity (Wildman–Crippen MR) is 91.4 cm³/mol. The average Bonchev–Trinajstić information content (AvgIpc) is 2.56. The normalized spacial score (nSPS) is 11.8. The standard InChI is InChI=1S/C16H16ClN3O3S/c1-10(16(22)23)9-20(2)15(21)12-7-8-14(19-18-12)24-13-6-4-3-5-11(13)17/h3-8,10H,9H2,1-2H3,(H,22,23). The Balaban J connectivity index is 2.04. The monoisotopic (exact) mass is 365 g/mol. The minimum atomic E-state index is -0.952. The van der Waals surface area contributed by atoms with Gasteiger partial charge in [-0.05, 0) is 24.3 Å². The second-order valence-electron chi connectivity index (χ2n) is 5.21. The lowest BCUT2D eigenvalue weighted by Gasteiger charge is -2.18. The van der Waals surface area contributed by atoms with Crippen LogP contribution in [0.5, 0.6) is 0 Å². The Morgan fingerprint density at radius 3 is 2.54 bits per heavy atom. The number of aromatic nitrogens is 2. The summed E-state index contributed by atoms with van der Waals surface area (Å²) < 4.78 is 0. The molecule has 0 aliphatic carbocycles. The zero-order chi connectivity index (χ0) is 17.7. The Bertz CT molecular complexity index is 740. The van der Waals surface area contributed by atoms with Gasteiger partial charge in [0, 0.05) is 18.5 Å². The number of aliphatic carboxylic acids is 1. The van der Waals surface area contributed by atoms with E-state index in [4.69, 9.17) is 16.7 Å². The number of nitrogens with zero attached hydrogens (tertiary/aromatic N) is 3. The number of amides is 1. The predicted octanol–water partition coefficient (Wildman–Crippen LogP) is 3.07. The lowest BCUT2D eigenvalue weighted by atomic mass is 10.1. The first-order valence-electron chi connectivity index (χ1n) is 7.13. The van der Waals surface area contributed by atoms with E-state index < -0.39 is 11.9 Å². The minimum Gasteiger partial charge on any atom is -0.481 e. The van der Waals surface area contributed by atoms with E-state index in [1.165, 1.54) is 23.7 Å². The van der Waals surface area contributed by atoms with Crippen LogP contribution in [-0.4, -0.2) is 45.7 Å². The van der Waals surface area contributed by atoms with E-state index >= 15 is 0 Å². The lowest BCUT2D eigenvalue weighted by molar-refractivity contribution is -0.141. The largest absolute Gasteiger partial charge is 0.481 e. The van der Waals surface area contributed by atoms with Crippen LogP contribution < -0.4 is 0 Å². The van der Waals surface area contributed by atoms with Crippen LogP contribution in [0.4, 0.5) is 0 Å². The van der Waals surface area contributed by atoms with Gasteiger partial charge in [0.2, 0.25) is 0 Å². The molecule has 0 saturated carbocycles. The number of hydrogen-bond donors (Lipinski definition) is 1. The first-order chi connectivity index (χ1) is 11.4. The summed E-state index contributed by atoms with van der Waals surface area (Å²) in [6, 6.07) is 10.6. The van der Waals surface area contributed by atoms with Crippen molar-refractivity contribution >= 4 is 35.2 Å². The maximum atomic E-state index is 12.2. The Labute approximate surface area is 148 Å². The van der Waals surface area contributed by atoms with Gasteiger partial charge in [-0.3, -0.25) is 9.59 Å². The molecule has 8 heteroatoms. The van der Waals surface area contributed by atoms with Gasteiger partial charge in [0.1, 0.15) is 5.03 Å². The van der Waals surface area contributed by atoms with E-state index in [1.54, 1.807) is 25.1 Å². The van der Waals surface area contributed by atoms with Gasteiger partial charge < -0.3 is 10.0 Å². The second kappa shape index (κ2) is 8.12. The molecule has 1 N–H and O–H groups in total. The smallest absolute Gasteiger partial charge is 0.308 e. The SMILES string of the molecule is CC(CN(C)C(=O)c1ccc(Sc2ccccc2Cl)nn1)C(=O)O. The van der Waals surface area contributed by atoms with Crippen LogP contribution in [0.2, 0.25) is 5.02 Å². The van der Waals surface area contributed by atoms with Crippen LogP contribution in [0.3, 0.4) is 0 Å². The van der Waals surface area contributed by atoms with E-state index in [0.717, 1.165) is 4.90 Å². The first-order valence-corrected chi connectivity index (χ1v) is 8.32. The number of rotatable bonds is 6. The zero-order valence-electron chi connectivity index (χ0n) is 13.1. The summed E-state index contributed by atoms with van der Waals surface area (Å²) in [6.07, 6.45) is 0. The van der Waals surface area contributed by atoms with Crippen LogP contribution in [-0.2, 0) is 4.79 Å². The van der Waals surface area contributed by atoms with Crippen molar-refractivity contribution in [1.29, 1.82) is 0 Å². The fraction of sp³-hybridized carbons (Fsp3) is 0.250. The third-order valence-electron chi connectivity index (χ3n) is 3.23. The Hall–Kier alpha value is -2.12. The molecule has 6 nitrogen and oxygen atoms in total. The summed E-state index contributed by atoms with van der Waals surface area (Å²) in [7, 11) is 1.54.